The molecule has 7 nitrogen and oxygen atoms in total. The van der Waals surface area contributed by atoms with E-state index in [2.05, 4.69) is 10.6 Å². The van der Waals surface area contributed by atoms with Crippen LogP contribution in [0.3, 0.4) is 0 Å². The first-order valence-corrected chi connectivity index (χ1v) is 6.85. The van der Waals surface area contributed by atoms with Crippen LogP contribution in [0.2, 0.25) is 0 Å². The molecule has 1 saturated heterocycles. The zero-order valence-corrected chi connectivity index (χ0v) is 12.2. The standard InChI is InChI=1S/C13H23N3O4/c1-4-13(2,11(18)19)8-15-12(20)16-7-5-6-9(16)10(17)14-3/h9H,4-8H2,1-3H3,(H,14,17)(H,15,20)(H,18,19). The molecular weight excluding hydrogens is 262 g/mol. The molecular formula is C13H23N3O4. The van der Waals surface area contributed by atoms with Crippen LogP contribution in [0, 0.1) is 5.41 Å². The second-order valence-corrected chi connectivity index (χ2v) is 5.34. The van der Waals surface area contributed by atoms with E-state index in [-0.39, 0.29) is 18.5 Å². The summed E-state index contributed by atoms with van der Waals surface area (Å²) in [6.07, 6.45) is 1.83. The molecule has 20 heavy (non-hydrogen) atoms. The van der Waals surface area contributed by atoms with Gasteiger partial charge in [0.15, 0.2) is 0 Å². The summed E-state index contributed by atoms with van der Waals surface area (Å²) in [5.41, 5.74) is -0.988. The third kappa shape index (κ3) is 3.40. The van der Waals surface area contributed by atoms with Gasteiger partial charge < -0.3 is 20.6 Å². The summed E-state index contributed by atoms with van der Waals surface area (Å²) < 4.78 is 0. The van der Waals surface area contributed by atoms with Crippen molar-refractivity contribution in [3.8, 4) is 0 Å². The molecule has 0 saturated carbocycles. The van der Waals surface area contributed by atoms with Gasteiger partial charge in [-0.25, -0.2) is 4.79 Å². The van der Waals surface area contributed by atoms with E-state index in [9.17, 15) is 14.4 Å². The number of urea groups is 1. The predicted octanol–water partition coefficient (Wildman–Crippen LogP) is 0.407. The van der Waals surface area contributed by atoms with Gasteiger partial charge in [-0.05, 0) is 26.2 Å². The molecule has 114 valence electrons. The van der Waals surface area contributed by atoms with Crippen LogP contribution in [-0.4, -0.2) is 54.1 Å². The van der Waals surface area contributed by atoms with Gasteiger partial charge >= 0.3 is 12.0 Å². The maximum atomic E-state index is 12.1. The number of rotatable bonds is 5. The number of nitrogens with zero attached hydrogens (tertiary/aromatic N) is 1. The van der Waals surface area contributed by atoms with Crippen LogP contribution in [0.5, 0.6) is 0 Å². The summed E-state index contributed by atoms with van der Waals surface area (Å²) in [7, 11) is 1.54. The van der Waals surface area contributed by atoms with Crippen LogP contribution >= 0.6 is 0 Å². The first-order valence-electron chi connectivity index (χ1n) is 6.85. The molecule has 1 heterocycles. The smallest absolute Gasteiger partial charge is 0.318 e. The third-order valence-corrected chi connectivity index (χ3v) is 3.99. The lowest BCUT2D eigenvalue weighted by Gasteiger charge is -2.27. The average Bonchev–Trinajstić information content (AvgIpc) is 2.92. The number of hydrogen-bond donors (Lipinski definition) is 3. The summed E-state index contributed by atoms with van der Waals surface area (Å²) in [6.45, 7) is 3.92. The van der Waals surface area contributed by atoms with Crippen LogP contribution in [0.15, 0.2) is 0 Å². The van der Waals surface area contributed by atoms with Gasteiger partial charge in [0.1, 0.15) is 6.04 Å². The second-order valence-electron chi connectivity index (χ2n) is 5.34. The first kappa shape index (κ1) is 16.3. The topological polar surface area (TPSA) is 98.7 Å². The quantitative estimate of drug-likeness (QED) is 0.681. The van der Waals surface area contributed by atoms with Crippen molar-refractivity contribution in [2.24, 2.45) is 5.41 Å². The molecule has 2 atom stereocenters. The van der Waals surface area contributed by atoms with Crippen LogP contribution < -0.4 is 10.6 Å². The molecule has 2 unspecified atom stereocenters. The van der Waals surface area contributed by atoms with Crippen molar-refractivity contribution in [2.75, 3.05) is 20.1 Å². The van der Waals surface area contributed by atoms with Crippen molar-refractivity contribution < 1.29 is 19.5 Å². The molecule has 0 aliphatic carbocycles. The summed E-state index contributed by atoms with van der Waals surface area (Å²) in [5, 5.41) is 14.3. The van der Waals surface area contributed by atoms with E-state index in [4.69, 9.17) is 5.11 Å². The van der Waals surface area contributed by atoms with Crippen molar-refractivity contribution in [3.05, 3.63) is 0 Å². The van der Waals surface area contributed by atoms with E-state index < -0.39 is 17.4 Å². The Labute approximate surface area is 118 Å². The molecule has 0 spiro atoms. The monoisotopic (exact) mass is 285 g/mol. The lowest BCUT2D eigenvalue weighted by Crippen LogP contribution is -2.51. The number of amides is 3. The molecule has 0 bridgehead atoms. The molecule has 1 aliphatic heterocycles. The van der Waals surface area contributed by atoms with Gasteiger partial charge in [-0.15, -0.1) is 0 Å². The summed E-state index contributed by atoms with van der Waals surface area (Å²) in [4.78, 5) is 36.4. The number of carboxylic acid groups (broad SMARTS) is 1. The highest BCUT2D eigenvalue weighted by Crippen LogP contribution is 2.21. The SMILES string of the molecule is CCC(C)(CNC(=O)N1CCCC1C(=O)NC)C(=O)O. The number of carbonyl (C=O) groups excluding carboxylic acids is 2. The van der Waals surface area contributed by atoms with E-state index in [1.165, 1.54) is 11.9 Å². The Morgan fingerprint density at radius 1 is 1.40 bits per heavy atom. The number of aliphatic carboxylic acids is 1. The Balaban J connectivity index is 2.62. The Morgan fingerprint density at radius 2 is 2.05 bits per heavy atom. The maximum Gasteiger partial charge on any atom is 0.318 e. The molecule has 0 aromatic rings. The number of likely N-dealkylation sites (N-methyl/N-ethyl adjacent to an activating group) is 1. The van der Waals surface area contributed by atoms with Crippen molar-refractivity contribution >= 4 is 17.9 Å². The van der Waals surface area contributed by atoms with Crippen LogP contribution in [-0.2, 0) is 9.59 Å². The van der Waals surface area contributed by atoms with Gasteiger partial charge in [0.25, 0.3) is 0 Å². The minimum absolute atomic E-state index is 0.0502. The Hall–Kier alpha value is -1.79. The zero-order chi connectivity index (χ0) is 15.3. The maximum absolute atomic E-state index is 12.1. The summed E-state index contributed by atoms with van der Waals surface area (Å²) in [6, 6.07) is -0.838. The van der Waals surface area contributed by atoms with Crippen molar-refractivity contribution in [1.82, 2.24) is 15.5 Å². The highest BCUT2D eigenvalue weighted by Gasteiger charge is 2.36. The summed E-state index contributed by atoms with van der Waals surface area (Å²) >= 11 is 0. The van der Waals surface area contributed by atoms with E-state index in [0.29, 0.717) is 19.4 Å². The highest BCUT2D eigenvalue weighted by molar-refractivity contribution is 5.87. The molecule has 0 radical (unpaired) electrons. The van der Waals surface area contributed by atoms with Gasteiger partial charge in [-0.1, -0.05) is 6.92 Å². The number of carboxylic acids is 1. The molecule has 1 rings (SSSR count). The van der Waals surface area contributed by atoms with E-state index in [0.717, 1.165) is 6.42 Å². The number of nitrogens with one attached hydrogen (secondary N) is 2. The Morgan fingerprint density at radius 3 is 2.55 bits per heavy atom. The number of carbonyl (C=O) groups is 3. The van der Waals surface area contributed by atoms with E-state index in [1.807, 2.05) is 0 Å². The minimum atomic E-state index is -0.988. The first-order chi connectivity index (χ1) is 9.35. The largest absolute Gasteiger partial charge is 0.481 e. The predicted molar refractivity (Wildman–Crippen MR) is 73.2 cm³/mol. The molecule has 0 aromatic heterocycles. The average molecular weight is 285 g/mol. The fourth-order valence-corrected chi connectivity index (χ4v) is 2.17. The fraction of sp³-hybridized carbons (Fsp3) is 0.769. The van der Waals surface area contributed by atoms with Gasteiger partial charge in [0.05, 0.1) is 5.41 Å². The lowest BCUT2D eigenvalue weighted by atomic mass is 9.88. The van der Waals surface area contributed by atoms with Crippen molar-refractivity contribution in [1.29, 1.82) is 0 Å². The molecule has 3 N–H and O–H groups in total. The summed E-state index contributed by atoms with van der Waals surface area (Å²) in [5.74, 6) is -1.13. The minimum Gasteiger partial charge on any atom is -0.481 e. The van der Waals surface area contributed by atoms with Gasteiger partial charge in [-0.2, -0.15) is 0 Å². The number of hydrogen-bond acceptors (Lipinski definition) is 3. The van der Waals surface area contributed by atoms with Crippen molar-refractivity contribution in [2.45, 2.75) is 39.2 Å². The van der Waals surface area contributed by atoms with Gasteiger partial charge in [-0.3, -0.25) is 9.59 Å². The number of likely N-dealkylation sites (tertiary alicyclic amines) is 1. The van der Waals surface area contributed by atoms with Gasteiger partial charge in [0.2, 0.25) is 5.91 Å². The second kappa shape index (κ2) is 6.58. The lowest BCUT2D eigenvalue weighted by molar-refractivity contribution is -0.147. The highest BCUT2D eigenvalue weighted by atomic mass is 16.4. The molecule has 3 amide bonds. The van der Waals surface area contributed by atoms with Crippen molar-refractivity contribution in [3.63, 3.8) is 0 Å². The zero-order valence-electron chi connectivity index (χ0n) is 12.2. The van der Waals surface area contributed by atoms with E-state index >= 15 is 0 Å². The van der Waals surface area contributed by atoms with Crippen LogP contribution in [0.25, 0.3) is 0 Å². The van der Waals surface area contributed by atoms with Gasteiger partial charge in [0, 0.05) is 20.1 Å². The Kier molecular flexibility index (Phi) is 5.35. The molecule has 1 aliphatic rings. The third-order valence-electron chi connectivity index (χ3n) is 3.99. The normalized spacial score (nSPS) is 21.1. The van der Waals surface area contributed by atoms with Crippen LogP contribution in [0.1, 0.15) is 33.1 Å². The molecule has 1 fully saturated rings. The Bertz CT molecular complexity index is 399. The molecule has 7 heteroatoms. The van der Waals surface area contributed by atoms with E-state index in [1.54, 1.807) is 13.8 Å². The van der Waals surface area contributed by atoms with Crippen LogP contribution in [0.4, 0.5) is 4.79 Å². The fourth-order valence-electron chi connectivity index (χ4n) is 2.17. The molecule has 0 aromatic carbocycles.